The minimum absolute atomic E-state index is 0.0107. The average Bonchev–Trinajstić information content (AvgIpc) is 2.94. The van der Waals surface area contributed by atoms with Gasteiger partial charge in [-0.2, -0.15) is 0 Å². The van der Waals surface area contributed by atoms with E-state index in [-0.39, 0.29) is 6.10 Å². The van der Waals surface area contributed by atoms with Crippen LogP contribution in [0.1, 0.15) is 19.0 Å². The van der Waals surface area contributed by atoms with Gasteiger partial charge >= 0.3 is 0 Å². The standard InChI is InChI=1S/C14H20ClNO4/c1-10(17-2)8-20-11-6-12(16-13(15)7-11)14(18-3)4-5-19-9-14/h6-7,10H,4-5,8-9H2,1-3H3/t10?,14-/m0/s1. The van der Waals surface area contributed by atoms with Crippen LogP contribution in [0.4, 0.5) is 0 Å². The van der Waals surface area contributed by atoms with Crippen LogP contribution in [0.2, 0.25) is 5.15 Å². The van der Waals surface area contributed by atoms with Crippen LogP contribution in [0.15, 0.2) is 12.1 Å². The maximum Gasteiger partial charge on any atom is 0.135 e. The molecule has 1 fully saturated rings. The Bertz CT molecular complexity index is 449. The molecule has 0 aliphatic carbocycles. The van der Waals surface area contributed by atoms with E-state index in [1.807, 2.05) is 13.0 Å². The zero-order valence-electron chi connectivity index (χ0n) is 12.0. The number of ether oxygens (including phenoxy) is 4. The number of nitrogens with zero attached hydrogens (tertiary/aromatic N) is 1. The lowest BCUT2D eigenvalue weighted by atomic mass is 9.98. The molecule has 0 saturated carbocycles. The maximum atomic E-state index is 6.08. The number of halogens is 1. The Hall–Kier alpha value is -0.880. The summed E-state index contributed by atoms with van der Waals surface area (Å²) in [4.78, 5) is 4.36. The number of methoxy groups -OCH3 is 2. The molecule has 2 atom stereocenters. The van der Waals surface area contributed by atoms with Crippen molar-refractivity contribution in [1.82, 2.24) is 4.98 Å². The molecule has 0 radical (unpaired) electrons. The van der Waals surface area contributed by atoms with E-state index >= 15 is 0 Å². The van der Waals surface area contributed by atoms with Crippen molar-refractivity contribution in [1.29, 1.82) is 0 Å². The predicted molar refractivity (Wildman–Crippen MR) is 75.3 cm³/mol. The largest absolute Gasteiger partial charge is 0.491 e. The van der Waals surface area contributed by atoms with E-state index in [4.69, 9.17) is 30.5 Å². The van der Waals surface area contributed by atoms with E-state index in [0.29, 0.717) is 30.7 Å². The molecule has 1 unspecified atom stereocenters. The highest BCUT2D eigenvalue weighted by Crippen LogP contribution is 2.35. The van der Waals surface area contributed by atoms with Gasteiger partial charge in [0.05, 0.1) is 18.4 Å². The second-order valence-corrected chi connectivity index (χ2v) is 5.26. The van der Waals surface area contributed by atoms with Crippen LogP contribution in [-0.2, 0) is 19.8 Å². The summed E-state index contributed by atoms with van der Waals surface area (Å²) in [6.45, 7) is 3.52. The van der Waals surface area contributed by atoms with Gasteiger partial charge in [0.1, 0.15) is 23.1 Å². The molecule has 0 N–H and O–H groups in total. The molecule has 5 nitrogen and oxygen atoms in total. The molecule has 0 aromatic carbocycles. The van der Waals surface area contributed by atoms with Crippen molar-refractivity contribution >= 4 is 11.6 Å². The van der Waals surface area contributed by atoms with Gasteiger partial charge in [-0.1, -0.05) is 11.6 Å². The molecule has 0 bridgehead atoms. The van der Waals surface area contributed by atoms with Crippen LogP contribution in [0.25, 0.3) is 0 Å². The normalized spacial score (nSPS) is 23.8. The van der Waals surface area contributed by atoms with Gasteiger partial charge in [0.15, 0.2) is 0 Å². The third kappa shape index (κ3) is 3.41. The summed E-state index contributed by atoms with van der Waals surface area (Å²) in [5.41, 5.74) is 0.209. The minimum Gasteiger partial charge on any atom is -0.491 e. The summed E-state index contributed by atoms with van der Waals surface area (Å²) in [6.07, 6.45) is 0.765. The monoisotopic (exact) mass is 301 g/mol. The van der Waals surface area contributed by atoms with Gasteiger partial charge in [-0.05, 0) is 6.92 Å². The first kappa shape index (κ1) is 15.5. The van der Waals surface area contributed by atoms with Gasteiger partial charge in [0.2, 0.25) is 0 Å². The summed E-state index contributed by atoms with van der Waals surface area (Å²) in [5, 5.41) is 0.380. The van der Waals surface area contributed by atoms with Crippen LogP contribution in [-0.4, -0.2) is 45.1 Å². The molecule has 0 amide bonds. The predicted octanol–water partition coefficient (Wildman–Crippen LogP) is 2.41. The first-order valence-electron chi connectivity index (χ1n) is 6.56. The van der Waals surface area contributed by atoms with Gasteiger partial charge < -0.3 is 18.9 Å². The fourth-order valence-corrected chi connectivity index (χ4v) is 2.28. The van der Waals surface area contributed by atoms with Crippen LogP contribution < -0.4 is 4.74 Å². The summed E-state index contributed by atoms with van der Waals surface area (Å²) in [5.74, 6) is 0.659. The fourth-order valence-electron chi connectivity index (χ4n) is 2.09. The highest BCUT2D eigenvalue weighted by Gasteiger charge is 2.38. The lowest BCUT2D eigenvalue weighted by Gasteiger charge is -2.25. The SMILES string of the molecule is COC(C)COc1cc(Cl)nc([C@]2(OC)CCOC2)c1. The zero-order valence-corrected chi connectivity index (χ0v) is 12.8. The van der Waals surface area contributed by atoms with Crippen molar-refractivity contribution in [3.63, 3.8) is 0 Å². The third-order valence-corrected chi connectivity index (χ3v) is 3.69. The average molecular weight is 302 g/mol. The maximum absolute atomic E-state index is 6.08. The Morgan fingerprint density at radius 1 is 1.45 bits per heavy atom. The van der Waals surface area contributed by atoms with E-state index in [9.17, 15) is 0 Å². The summed E-state index contributed by atoms with van der Waals surface area (Å²) in [7, 11) is 3.31. The summed E-state index contributed by atoms with van der Waals surface area (Å²) >= 11 is 6.08. The summed E-state index contributed by atoms with van der Waals surface area (Å²) < 4.78 is 21.9. The molecule has 20 heavy (non-hydrogen) atoms. The second-order valence-electron chi connectivity index (χ2n) is 4.87. The number of hydrogen-bond acceptors (Lipinski definition) is 5. The van der Waals surface area contributed by atoms with Crippen LogP contribution >= 0.6 is 11.6 Å². The Labute approximate surface area is 124 Å². The van der Waals surface area contributed by atoms with Crippen LogP contribution in [0.5, 0.6) is 5.75 Å². The van der Waals surface area contributed by atoms with Crippen molar-refractivity contribution in [2.75, 3.05) is 34.0 Å². The van der Waals surface area contributed by atoms with Crippen molar-refractivity contribution < 1.29 is 18.9 Å². The van der Waals surface area contributed by atoms with E-state index < -0.39 is 5.60 Å². The molecule has 6 heteroatoms. The summed E-state index contributed by atoms with van der Waals surface area (Å²) in [6, 6.07) is 3.54. The van der Waals surface area contributed by atoms with E-state index in [1.54, 1.807) is 20.3 Å². The van der Waals surface area contributed by atoms with Crippen molar-refractivity contribution in [2.45, 2.75) is 25.0 Å². The molecule has 1 saturated heterocycles. The van der Waals surface area contributed by atoms with E-state index in [1.165, 1.54) is 0 Å². The van der Waals surface area contributed by atoms with Gasteiger partial charge in [-0.25, -0.2) is 4.98 Å². The zero-order chi connectivity index (χ0) is 14.6. The van der Waals surface area contributed by atoms with Crippen LogP contribution in [0.3, 0.4) is 0 Å². The third-order valence-electron chi connectivity index (χ3n) is 3.50. The molecule has 1 aromatic rings. The number of rotatable bonds is 6. The molecular formula is C14H20ClNO4. The smallest absolute Gasteiger partial charge is 0.135 e. The van der Waals surface area contributed by atoms with Gasteiger partial charge in [0, 0.05) is 39.4 Å². The molecule has 2 rings (SSSR count). The fraction of sp³-hybridized carbons (Fsp3) is 0.643. The van der Waals surface area contributed by atoms with Gasteiger partial charge in [0.25, 0.3) is 0 Å². The van der Waals surface area contributed by atoms with Gasteiger partial charge in [-0.3, -0.25) is 0 Å². The van der Waals surface area contributed by atoms with E-state index in [0.717, 1.165) is 12.1 Å². The quantitative estimate of drug-likeness (QED) is 0.755. The molecule has 1 aromatic heterocycles. The van der Waals surface area contributed by atoms with Crippen LogP contribution in [0, 0.1) is 0 Å². The highest BCUT2D eigenvalue weighted by molar-refractivity contribution is 6.29. The Morgan fingerprint density at radius 3 is 2.85 bits per heavy atom. The second kappa shape index (κ2) is 6.72. The van der Waals surface area contributed by atoms with Crippen molar-refractivity contribution in [3.05, 3.63) is 23.0 Å². The molecule has 1 aliphatic heterocycles. The molecule has 1 aliphatic rings. The number of pyridine rings is 1. The molecule has 112 valence electrons. The van der Waals surface area contributed by atoms with E-state index in [2.05, 4.69) is 4.98 Å². The highest BCUT2D eigenvalue weighted by atomic mass is 35.5. The Balaban J connectivity index is 2.19. The topological polar surface area (TPSA) is 49.8 Å². The molecular weight excluding hydrogens is 282 g/mol. The molecule has 0 spiro atoms. The lowest BCUT2D eigenvalue weighted by Crippen LogP contribution is -2.30. The first-order chi connectivity index (χ1) is 9.59. The lowest BCUT2D eigenvalue weighted by molar-refractivity contribution is -0.0248. The van der Waals surface area contributed by atoms with Crippen molar-refractivity contribution in [3.8, 4) is 5.75 Å². The van der Waals surface area contributed by atoms with Crippen molar-refractivity contribution in [2.24, 2.45) is 0 Å². The van der Waals surface area contributed by atoms with Gasteiger partial charge in [-0.15, -0.1) is 0 Å². The Morgan fingerprint density at radius 2 is 2.25 bits per heavy atom. The number of aromatic nitrogens is 1. The Kier molecular flexibility index (Phi) is 5.21. The minimum atomic E-state index is -0.532. The molecule has 2 heterocycles. The first-order valence-corrected chi connectivity index (χ1v) is 6.94. The number of hydrogen-bond donors (Lipinski definition) is 0.